The fraction of sp³-hybridized carbons (Fsp3) is 0.200. The van der Waals surface area contributed by atoms with Gasteiger partial charge in [0.1, 0.15) is 5.82 Å². The highest BCUT2D eigenvalue weighted by Crippen LogP contribution is 2.30. The number of nitrogens with two attached hydrogens (primary N) is 1. The molecule has 15 heavy (non-hydrogen) atoms. The maximum absolute atomic E-state index is 5.83. The maximum Gasteiger partial charge on any atom is 0.174 e. The van der Waals surface area contributed by atoms with Crippen LogP contribution in [0.2, 0.25) is 0 Å². The van der Waals surface area contributed by atoms with Crippen molar-refractivity contribution in [1.82, 2.24) is 9.36 Å². The molecule has 0 aliphatic rings. The number of aryl methyl sites for hydroxylation is 2. The second kappa shape index (κ2) is 4.20. The summed E-state index contributed by atoms with van der Waals surface area (Å²) in [5.41, 5.74) is 7.76. The summed E-state index contributed by atoms with van der Waals surface area (Å²) in [6.45, 7) is 3.89. The summed E-state index contributed by atoms with van der Waals surface area (Å²) in [4.78, 5) is 5.39. The molecule has 2 aromatic rings. The lowest BCUT2D eigenvalue weighted by molar-refractivity contribution is 1.10. The fourth-order valence-electron chi connectivity index (χ4n) is 1.10. The monoisotopic (exact) mass is 237 g/mol. The van der Waals surface area contributed by atoms with Crippen molar-refractivity contribution < 1.29 is 0 Å². The molecule has 0 spiro atoms. The van der Waals surface area contributed by atoms with Gasteiger partial charge in [-0.15, -0.1) is 0 Å². The molecule has 3 nitrogen and oxygen atoms in total. The quantitative estimate of drug-likeness (QED) is 0.816. The smallest absolute Gasteiger partial charge is 0.174 e. The lowest BCUT2D eigenvalue weighted by atomic mass is 10.2. The summed E-state index contributed by atoms with van der Waals surface area (Å²) in [5.74, 6) is 0.822. The molecule has 1 aromatic heterocycles. The average molecular weight is 237 g/mol. The van der Waals surface area contributed by atoms with Gasteiger partial charge >= 0.3 is 0 Å². The first-order chi connectivity index (χ1) is 7.15. The van der Waals surface area contributed by atoms with Gasteiger partial charge in [0.2, 0.25) is 0 Å². The van der Waals surface area contributed by atoms with E-state index in [0.717, 1.165) is 26.3 Å². The van der Waals surface area contributed by atoms with Crippen LogP contribution >= 0.6 is 23.3 Å². The Morgan fingerprint density at radius 3 is 2.73 bits per heavy atom. The molecule has 78 valence electrons. The van der Waals surface area contributed by atoms with E-state index in [9.17, 15) is 0 Å². The van der Waals surface area contributed by atoms with Crippen molar-refractivity contribution >= 4 is 29.0 Å². The second-order valence-corrected chi connectivity index (χ2v) is 5.30. The SMILES string of the molecule is Cc1nsc(Sc2ccc(C)c(N)c2)n1. The van der Waals surface area contributed by atoms with Gasteiger partial charge in [0.25, 0.3) is 0 Å². The van der Waals surface area contributed by atoms with E-state index < -0.39 is 0 Å². The van der Waals surface area contributed by atoms with E-state index in [-0.39, 0.29) is 0 Å². The number of nitrogen functional groups attached to an aromatic ring is 1. The average Bonchev–Trinajstić information content (AvgIpc) is 2.58. The largest absolute Gasteiger partial charge is 0.398 e. The third-order valence-electron chi connectivity index (χ3n) is 1.96. The number of nitrogens with zero attached hydrogens (tertiary/aromatic N) is 2. The Labute approximate surface area is 96.9 Å². The van der Waals surface area contributed by atoms with E-state index in [0.29, 0.717) is 0 Å². The molecular formula is C10H11N3S2. The molecule has 0 saturated heterocycles. The van der Waals surface area contributed by atoms with Crippen LogP contribution in [0.1, 0.15) is 11.4 Å². The third-order valence-corrected chi connectivity index (χ3v) is 3.80. The van der Waals surface area contributed by atoms with Gasteiger partial charge in [-0.2, -0.15) is 4.37 Å². The predicted molar refractivity (Wildman–Crippen MR) is 64.4 cm³/mol. The summed E-state index contributed by atoms with van der Waals surface area (Å²) < 4.78 is 5.09. The number of rotatable bonds is 2. The molecule has 0 aliphatic heterocycles. The second-order valence-electron chi connectivity index (χ2n) is 3.23. The Balaban J connectivity index is 2.21. The Morgan fingerprint density at radius 2 is 2.13 bits per heavy atom. The van der Waals surface area contributed by atoms with Gasteiger partial charge in [-0.25, -0.2) is 4.98 Å². The van der Waals surface area contributed by atoms with E-state index in [1.807, 2.05) is 32.0 Å². The summed E-state index contributed by atoms with van der Waals surface area (Å²) in [7, 11) is 0. The van der Waals surface area contributed by atoms with Gasteiger partial charge in [-0.1, -0.05) is 17.8 Å². The highest BCUT2D eigenvalue weighted by Gasteiger charge is 2.04. The molecule has 0 amide bonds. The number of anilines is 1. The highest BCUT2D eigenvalue weighted by molar-refractivity contribution is 8.01. The zero-order valence-electron chi connectivity index (χ0n) is 8.52. The molecular weight excluding hydrogens is 226 g/mol. The van der Waals surface area contributed by atoms with Gasteiger partial charge in [-0.3, -0.25) is 0 Å². The van der Waals surface area contributed by atoms with Crippen LogP contribution in [0.4, 0.5) is 5.69 Å². The Bertz CT molecular complexity index is 479. The van der Waals surface area contributed by atoms with Gasteiger partial charge in [0, 0.05) is 10.6 Å². The molecule has 0 bridgehead atoms. The van der Waals surface area contributed by atoms with Crippen molar-refractivity contribution in [1.29, 1.82) is 0 Å². The first-order valence-corrected chi connectivity index (χ1v) is 6.08. The zero-order chi connectivity index (χ0) is 10.8. The van der Waals surface area contributed by atoms with Gasteiger partial charge in [0.05, 0.1) is 0 Å². The minimum absolute atomic E-state index is 0.821. The first kappa shape index (κ1) is 10.4. The van der Waals surface area contributed by atoms with Crippen molar-refractivity contribution in [2.75, 3.05) is 5.73 Å². The van der Waals surface area contributed by atoms with Crippen LogP contribution in [0, 0.1) is 13.8 Å². The Morgan fingerprint density at radius 1 is 1.33 bits per heavy atom. The normalized spacial score (nSPS) is 10.5. The third kappa shape index (κ3) is 2.49. The lowest BCUT2D eigenvalue weighted by Crippen LogP contribution is -1.88. The molecule has 5 heteroatoms. The molecule has 2 N–H and O–H groups in total. The topological polar surface area (TPSA) is 51.8 Å². The van der Waals surface area contributed by atoms with E-state index >= 15 is 0 Å². The molecule has 0 atom stereocenters. The first-order valence-electron chi connectivity index (χ1n) is 4.49. The van der Waals surface area contributed by atoms with Gasteiger partial charge in [0.15, 0.2) is 4.34 Å². The summed E-state index contributed by atoms with van der Waals surface area (Å²) in [5, 5.41) is 0. The highest BCUT2D eigenvalue weighted by atomic mass is 32.2. The minimum atomic E-state index is 0.821. The standard InChI is InChI=1S/C10H11N3S2/c1-6-3-4-8(5-9(6)11)14-10-12-7(2)13-15-10/h3-5H,11H2,1-2H3. The number of hydrogen-bond donors (Lipinski definition) is 1. The van der Waals surface area contributed by atoms with E-state index in [1.54, 1.807) is 11.8 Å². The van der Waals surface area contributed by atoms with Crippen molar-refractivity contribution in [3.8, 4) is 0 Å². The number of aromatic nitrogens is 2. The van der Waals surface area contributed by atoms with Gasteiger partial charge < -0.3 is 5.73 Å². The molecule has 0 fully saturated rings. The van der Waals surface area contributed by atoms with Crippen molar-refractivity contribution in [3.63, 3.8) is 0 Å². The van der Waals surface area contributed by atoms with Crippen molar-refractivity contribution in [2.24, 2.45) is 0 Å². The molecule has 0 unspecified atom stereocenters. The van der Waals surface area contributed by atoms with E-state index in [2.05, 4.69) is 9.36 Å². The molecule has 1 aromatic carbocycles. The van der Waals surface area contributed by atoms with Crippen LogP contribution in [-0.2, 0) is 0 Å². The molecule has 0 radical (unpaired) electrons. The molecule has 0 aliphatic carbocycles. The van der Waals surface area contributed by atoms with E-state index in [4.69, 9.17) is 5.73 Å². The van der Waals surface area contributed by atoms with Crippen LogP contribution in [0.25, 0.3) is 0 Å². The summed E-state index contributed by atoms with van der Waals surface area (Å²) in [6.07, 6.45) is 0. The van der Waals surface area contributed by atoms with Crippen LogP contribution in [-0.4, -0.2) is 9.36 Å². The molecule has 1 heterocycles. The summed E-state index contributed by atoms with van der Waals surface area (Å²) in [6, 6.07) is 6.04. The van der Waals surface area contributed by atoms with Crippen molar-refractivity contribution in [3.05, 3.63) is 29.6 Å². The lowest BCUT2D eigenvalue weighted by Gasteiger charge is -2.02. The zero-order valence-corrected chi connectivity index (χ0v) is 10.2. The minimum Gasteiger partial charge on any atom is -0.398 e. The van der Waals surface area contributed by atoms with Crippen LogP contribution in [0.5, 0.6) is 0 Å². The number of hydrogen-bond acceptors (Lipinski definition) is 5. The maximum atomic E-state index is 5.83. The predicted octanol–water partition coefficient (Wildman–Crippen LogP) is 2.89. The number of benzene rings is 1. The van der Waals surface area contributed by atoms with Crippen LogP contribution in [0.15, 0.2) is 27.4 Å². The van der Waals surface area contributed by atoms with Crippen LogP contribution in [0.3, 0.4) is 0 Å². The van der Waals surface area contributed by atoms with E-state index in [1.165, 1.54) is 11.5 Å². The van der Waals surface area contributed by atoms with Gasteiger partial charge in [-0.05, 0) is 43.1 Å². The Kier molecular flexibility index (Phi) is 2.93. The van der Waals surface area contributed by atoms with Crippen LogP contribution < -0.4 is 5.73 Å². The molecule has 2 rings (SSSR count). The van der Waals surface area contributed by atoms with Crippen molar-refractivity contribution in [2.45, 2.75) is 23.1 Å². The Hall–Kier alpha value is -1.07. The molecule has 0 saturated carbocycles. The summed E-state index contributed by atoms with van der Waals surface area (Å²) >= 11 is 3.01. The fourth-order valence-corrected chi connectivity index (χ4v) is 2.78.